The van der Waals surface area contributed by atoms with Gasteiger partial charge >= 0.3 is 0 Å². The summed E-state index contributed by atoms with van der Waals surface area (Å²) >= 11 is 0. The van der Waals surface area contributed by atoms with Crippen LogP contribution >= 0.6 is 0 Å². The first-order chi connectivity index (χ1) is 14.8. The van der Waals surface area contributed by atoms with Gasteiger partial charge in [-0.15, -0.1) is 0 Å². The second-order valence-corrected chi connectivity index (χ2v) is 9.48. The lowest BCUT2D eigenvalue weighted by atomic mass is 9.96. The summed E-state index contributed by atoms with van der Waals surface area (Å²) in [4.78, 5) is 27.2. The highest BCUT2D eigenvalue weighted by molar-refractivity contribution is 7.92. The molecule has 2 aromatic carbocycles. The number of rotatable bonds is 7. The van der Waals surface area contributed by atoms with E-state index in [0.717, 1.165) is 19.3 Å². The minimum atomic E-state index is -3.77. The molecule has 0 aliphatic carbocycles. The van der Waals surface area contributed by atoms with Crippen LogP contribution in [0.4, 0.5) is 5.69 Å². The molecule has 0 bridgehead atoms. The lowest BCUT2D eigenvalue weighted by Crippen LogP contribution is -2.45. The highest BCUT2D eigenvalue weighted by Gasteiger charge is 2.29. The van der Waals surface area contributed by atoms with Gasteiger partial charge in [-0.1, -0.05) is 31.2 Å². The van der Waals surface area contributed by atoms with Crippen molar-refractivity contribution < 1.29 is 18.0 Å². The number of nitrogens with one attached hydrogen (secondary N) is 2. The molecular weight excluding hydrogens is 414 g/mol. The van der Waals surface area contributed by atoms with Crippen LogP contribution in [-0.2, 0) is 14.8 Å². The topological polar surface area (TPSA) is 95.6 Å². The van der Waals surface area contributed by atoms with Crippen LogP contribution in [0, 0.1) is 12.8 Å². The number of amides is 2. The number of benzene rings is 2. The number of piperidine rings is 1. The molecule has 7 nitrogen and oxygen atoms in total. The summed E-state index contributed by atoms with van der Waals surface area (Å²) in [7, 11) is -3.77. The van der Waals surface area contributed by atoms with Crippen molar-refractivity contribution in [3.05, 3.63) is 59.7 Å². The van der Waals surface area contributed by atoms with Crippen molar-refractivity contribution in [2.75, 3.05) is 24.4 Å². The van der Waals surface area contributed by atoms with E-state index in [2.05, 4.69) is 10.0 Å². The quantitative estimate of drug-likeness (QED) is 0.687. The van der Waals surface area contributed by atoms with Gasteiger partial charge in [0.2, 0.25) is 5.91 Å². The molecular formula is C23H29N3O4S. The van der Waals surface area contributed by atoms with Crippen molar-refractivity contribution in [1.82, 2.24) is 10.2 Å². The van der Waals surface area contributed by atoms with Crippen LogP contribution in [0.25, 0.3) is 0 Å². The summed E-state index contributed by atoms with van der Waals surface area (Å²) < 4.78 is 28.1. The molecule has 0 aromatic heterocycles. The Balaban J connectivity index is 1.73. The van der Waals surface area contributed by atoms with Gasteiger partial charge in [0.05, 0.1) is 10.8 Å². The average molecular weight is 444 g/mol. The van der Waals surface area contributed by atoms with Crippen molar-refractivity contribution in [2.24, 2.45) is 5.92 Å². The van der Waals surface area contributed by atoms with Crippen LogP contribution in [0.15, 0.2) is 53.4 Å². The molecule has 3 rings (SSSR count). The number of aryl methyl sites for hydroxylation is 1. The zero-order valence-corrected chi connectivity index (χ0v) is 18.7. The zero-order chi connectivity index (χ0) is 22.4. The third-order valence-corrected chi connectivity index (χ3v) is 6.91. The second kappa shape index (κ2) is 9.96. The van der Waals surface area contributed by atoms with Gasteiger partial charge in [-0.25, -0.2) is 8.42 Å². The van der Waals surface area contributed by atoms with E-state index in [-0.39, 0.29) is 22.6 Å². The van der Waals surface area contributed by atoms with Gasteiger partial charge in [0, 0.05) is 30.9 Å². The van der Waals surface area contributed by atoms with Crippen LogP contribution in [0.2, 0.25) is 0 Å². The molecule has 0 spiro atoms. The van der Waals surface area contributed by atoms with E-state index < -0.39 is 10.0 Å². The van der Waals surface area contributed by atoms with Gasteiger partial charge in [0.15, 0.2) is 0 Å². The Labute approximate surface area is 183 Å². The molecule has 1 fully saturated rings. The maximum atomic E-state index is 13.0. The lowest BCUT2D eigenvalue weighted by Gasteiger charge is -2.32. The fraction of sp³-hybridized carbons (Fsp3) is 0.391. The number of hydrogen-bond donors (Lipinski definition) is 2. The Kier molecular flexibility index (Phi) is 7.33. The normalized spacial score (nSPS) is 16.6. The number of likely N-dealkylation sites (tertiary alicyclic amines) is 1. The van der Waals surface area contributed by atoms with Crippen LogP contribution in [0.1, 0.15) is 42.1 Å². The highest BCUT2D eigenvalue weighted by atomic mass is 32.2. The van der Waals surface area contributed by atoms with Gasteiger partial charge in [0.25, 0.3) is 15.9 Å². The molecule has 1 aliphatic heterocycles. The summed E-state index contributed by atoms with van der Waals surface area (Å²) in [5.74, 6) is -0.434. The minimum absolute atomic E-state index is 0.0147. The number of sulfonamides is 1. The SMILES string of the molecule is CCCNC(=O)[C@@H]1CCCN(C(=O)c2cccc(NS(=O)(=O)c3ccccc3C)c2)C1. The molecule has 0 unspecified atom stereocenters. The van der Waals surface area contributed by atoms with Gasteiger partial charge in [-0.05, 0) is 56.0 Å². The molecule has 1 heterocycles. The lowest BCUT2D eigenvalue weighted by molar-refractivity contribution is -0.126. The third-order valence-electron chi connectivity index (χ3n) is 5.37. The zero-order valence-electron chi connectivity index (χ0n) is 17.9. The first-order valence-electron chi connectivity index (χ1n) is 10.6. The number of nitrogens with zero attached hydrogens (tertiary/aromatic N) is 1. The summed E-state index contributed by atoms with van der Waals surface area (Å²) in [6.07, 6.45) is 2.39. The summed E-state index contributed by atoms with van der Waals surface area (Å²) in [6, 6.07) is 13.2. The predicted molar refractivity (Wildman–Crippen MR) is 120 cm³/mol. The largest absolute Gasteiger partial charge is 0.356 e. The average Bonchev–Trinajstić information content (AvgIpc) is 2.77. The van der Waals surface area contributed by atoms with Crippen molar-refractivity contribution in [3.63, 3.8) is 0 Å². The van der Waals surface area contributed by atoms with Crippen LogP contribution in [0.5, 0.6) is 0 Å². The smallest absolute Gasteiger partial charge is 0.262 e. The Morgan fingerprint density at radius 1 is 1.13 bits per heavy atom. The fourth-order valence-corrected chi connectivity index (χ4v) is 5.03. The second-order valence-electron chi connectivity index (χ2n) is 7.83. The van der Waals surface area contributed by atoms with Gasteiger partial charge in [-0.3, -0.25) is 14.3 Å². The van der Waals surface area contributed by atoms with Gasteiger partial charge in [-0.2, -0.15) is 0 Å². The Morgan fingerprint density at radius 2 is 1.90 bits per heavy atom. The fourth-order valence-electron chi connectivity index (χ4n) is 3.73. The van der Waals surface area contributed by atoms with E-state index in [1.165, 1.54) is 0 Å². The summed E-state index contributed by atoms with van der Waals surface area (Å²) in [5.41, 5.74) is 1.35. The standard InChI is InChI=1S/C23H29N3O4S/c1-3-13-24-22(27)19-10-7-14-26(16-19)23(28)18-9-6-11-20(15-18)25-31(29,30)21-12-5-4-8-17(21)2/h4-6,8-9,11-12,15,19,25H,3,7,10,13-14,16H2,1-2H3,(H,24,27)/t19-/m1/s1. The molecule has 0 saturated carbocycles. The van der Waals surface area contributed by atoms with Crippen molar-refractivity contribution in [3.8, 4) is 0 Å². The minimum Gasteiger partial charge on any atom is -0.356 e. The van der Waals surface area contributed by atoms with Crippen LogP contribution in [-0.4, -0.2) is 44.8 Å². The van der Waals surface area contributed by atoms with E-state index in [1.807, 2.05) is 6.92 Å². The number of hydrogen-bond acceptors (Lipinski definition) is 4. The molecule has 1 saturated heterocycles. The first-order valence-corrected chi connectivity index (χ1v) is 12.1. The van der Waals surface area contributed by atoms with Crippen LogP contribution in [0.3, 0.4) is 0 Å². The van der Waals surface area contributed by atoms with Gasteiger partial charge < -0.3 is 10.2 Å². The molecule has 2 N–H and O–H groups in total. The maximum Gasteiger partial charge on any atom is 0.262 e. The molecule has 1 atom stereocenters. The number of anilines is 1. The molecule has 2 amide bonds. The molecule has 2 aromatic rings. The van der Waals surface area contributed by atoms with E-state index in [4.69, 9.17) is 0 Å². The van der Waals surface area contributed by atoms with Crippen molar-refractivity contribution in [2.45, 2.75) is 38.0 Å². The monoisotopic (exact) mass is 443 g/mol. The van der Waals surface area contributed by atoms with E-state index >= 15 is 0 Å². The van der Waals surface area contributed by atoms with E-state index in [0.29, 0.717) is 36.4 Å². The maximum absolute atomic E-state index is 13.0. The molecule has 166 valence electrons. The Bertz CT molecular complexity index is 1050. The molecule has 1 aliphatic rings. The molecule has 0 radical (unpaired) electrons. The van der Waals surface area contributed by atoms with Crippen molar-refractivity contribution in [1.29, 1.82) is 0 Å². The van der Waals surface area contributed by atoms with Crippen LogP contribution < -0.4 is 10.0 Å². The summed E-state index contributed by atoms with van der Waals surface area (Å²) in [5, 5.41) is 2.90. The highest BCUT2D eigenvalue weighted by Crippen LogP contribution is 2.22. The van der Waals surface area contributed by atoms with Gasteiger partial charge in [0.1, 0.15) is 0 Å². The van der Waals surface area contributed by atoms with E-state index in [1.54, 1.807) is 60.4 Å². The Morgan fingerprint density at radius 3 is 2.65 bits per heavy atom. The summed E-state index contributed by atoms with van der Waals surface area (Å²) in [6.45, 7) is 5.31. The molecule has 31 heavy (non-hydrogen) atoms. The van der Waals surface area contributed by atoms with Crippen molar-refractivity contribution >= 4 is 27.5 Å². The number of carbonyl (C=O) groups is 2. The van der Waals surface area contributed by atoms with E-state index in [9.17, 15) is 18.0 Å². The first kappa shape index (κ1) is 22.8. The Hall–Kier alpha value is -2.87. The molecule has 8 heteroatoms. The number of carbonyl (C=O) groups excluding carboxylic acids is 2. The third kappa shape index (κ3) is 5.64. The predicted octanol–water partition coefficient (Wildman–Crippen LogP) is 3.17.